The maximum absolute atomic E-state index is 16.9. The van der Waals surface area contributed by atoms with Crippen molar-refractivity contribution in [2.24, 2.45) is 29.4 Å². The number of ether oxygens (including phenoxy) is 1. The molecule has 4 amide bonds. The Morgan fingerprint density at radius 3 is 1.68 bits per heavy atom. The highest BCUT2D eigenvalue weighted by Gasteiger charge is 2.56. The van der Waals surface area contributed by atoms with Gasteiger partial charge in [0.15, 0.2) is 11.8 Å². The van der Waals surface area contributed by atoms with Gasteiger partial charge in [-0.1, -0.05) is 133 Å². The third kappa shape index (κ3) is 13.9. The third-order valence-corrected chi connectivity index (χ3v) is 9.29. The fourth-order valence-corrected chi connectivity index (χ4v) is 6.03. The molecule has 0 saturated heterocycles. The van der Waals surface area contributed by atoms with Crippen LogP contribution in [0.5, 0.6) is 0 Å². The zero-order valence-corrected chi connectivity index (χ0v) is 33.3. The fraction of sp³-hybridized carbons (Fsp3) is 0.442. The van der Waals surface area contributed by atoms with E-state index in [0.29, 0.717) is 16.7 Å². The van der Waals surface area contributed by atoms with Gasteiger partial charge in [-0.25, -0.2) is 4.79 Å². The summed E-state index contributed by atoms with van der Waals surface area (Å²) < 4.78 is 39.0. The van der Waals surface area contributed by atoms with Gasteiger partial charge in [-0.15, -0.1) is 0 Å². The van der Waals surface area contributed by atoms with Crippen molar-refractivity contribution < 1.29 is 42.3 Å². The molecule has 3 unspecified atom stereocenters. The molecule has 0 bridgehead atoms. The van der Waals surface area contributed by atoms with Gasteiger partial charge in [0.05, 0.1) is 12.1 Å². The maximum atomic E-state index is 16.9. The molecular formula is C43H55F2N5O7. The largest absolute Gasteiger partial charge is 0.445 e. The van der Waals surface area contributed by atoms with Crippen molar-refractivity contribution in [3.8, 4) is 0 Å². The number of benzene rings is 3. The summed E-state index contributed by atoms with van der Waals surface area (Å²) in [7, 11) is 0. The molecule has 3 aromatic rings. The smallest absolute Gasteiger partial charge is 0.408 e. The second-order valence-electron chi connectivity index (χ2n) is 15.2. The Morgan fingerprint density at radius 2 is 1.18 bits per heavy atom. The van der Waals surface area contributed by atoms with Crippen molar-refractivity contribution >= 4 is 35.4 Å². The molecule has 0 aliphatic heterocycles. The quantitative estimate of drug-likeness (QED) is 0.0945. The van der Waals surface area contributed by atoms with Gasteiger partial charge in [0.1, 0.15) is 18.6 Å². The lowest BCUT2D eigenvalue weighted by Gasteiger charge is -2.33. The van der Waals surface area contributed by atoms with E-state index in [4.69, 9.17) is 10.5 Å². The predicted molar refractivity (Wildman–Crippen MR) is 211 cm³/mol. The predicted octanol–water partition coefficient (Wildman–Crippen LogP) is 4.89. The summed E-state index contributed by atoms with van der Waals surface area (Å²) in [5.41, 5.74) is 7.96. The molecule has 3 rings (SSSR count). The first-order valence-electron chi connectivity index (χ1n) is 19.1. The standard InChI is InChI=1S/C43H55F2N5O7/c1-26(2)22-32(48-39(53)33(23-29-16-10-7-11-17-29)49-42(56)57-25-31-20-14-9-15-21-31)38(52)43(44,45)37(50-41(55)35(46)28(5)6)36(51)34(27(3)4)40(54)47-24-30-18-12-8-13-19-30/h7-21,26-28,32-35,37H,22-25,46H2,1-6H3,(H,47,54)(H,48,53)(H,49,56)(H,50,55)/t32?,33-,34?,35-,37?/m0/s1. The second-order valence-corrected chi connectivity index (χ2v) is 15.2. The number of alkyl halides is 2. The summed E-state index contributed by atoms with van der Waals surface area (Å²) in [4.78, 5) is 81.8. The molecule has 0 aromatic heterocycles. The molecule has 0 heterocycles. The van der Waals surface area contributed by atoms with E-state index < -0.39 is 89.1 Å². The van der Waals surface area contributed by atoms with Crippen molar-refractivity contribution in [2.75, 3.05) is 0 Å². The number of halogens is 2. The van der Waals surface area contributed by atoms with Gasteiger partial charge in [0.2, 0.25) is 23.5 Å². The number of Topliss-reactive ketones (excluding diaryl/α,β-unsaturated/α-hetero) is 2. The molecule has 0 aliphatic carbocycles. The van der Waals surface area contributed by atoms with E-state index in [1.165, 1.54) is 13.8 Å². The van der Waals surface area contributed by atoms with Crippen molar-refractivity contribution in [2.45, 2.75) is 97.6 Å². The second kappa shape index (κ2) is 21.7. The van der Waals surface area contributed by atoms with Gasteiger partial charge in [0.25, 0.3) is 0 Å². The van der Waals surface area contributed by atoms with Crippen LogP contribution < -0.4 is 27.0 Å². The highest BCUT2D eigenvalue weighted by molar-refractivity contribution is 6.09. The third-order valence-electron chi connectivity index (χ3n) is 9.29. The number of nitrogens with one attached hydrogen (secondary N) is 4. The molecule has 0 saturated carbocycles. The van der Waals surface area contributed by atoms with Gasteiger partial charge in [-0.3, -0.25) is 24.0 Å². The Morgan fingerprint density at radius 1 is 0.649 bits per heavy atom. The molecule has 6 N–H and O–H groups in total. The van der Waals surface area contributed by atoms with Crippen LogP contribution in [0.4, 0.5) is 13.6 Å². The minimum atomic E-state index is -4.65. The van der Waals surface area contributed by atoms with E-state index in [1.807, 2.05) is 5.32 Å². The van der Waals surface area contributed by atoms with Crippen LogP contribution in [0.1, 0.15) is 64.7 Å². The van der Waals surface area contributed by atoms with Crippen molar-refractivity contribution in [1.82, 2.24) is 21.3 Å². The van der Waals surface area contributed by atoms with Crippen molar-refractivity contribution in [3.63, 3.8) is 0 Å². The van der Waals surface area contributed by atoms with Gasteiger partial charge in [-0.2, -0.15) is 8.78 Å². The molecule has 0 spiro atoms. The van der Waals surface area contributed by atoms with E-state index in [9.17, 15) is 28.8 Å². The molecule has 0 fully saturated rings. The van der Waals surface area contributed by atoms with Gasteiger partial charge >= 0.3 is 12.0 Å². The van der Waals surface area contributed by atoms with Crippen LogP contribution >= 0.6 is 0 Å². The topological polar surface area (TPSA) is 186 Å². The normalized spacial score (nSPS) is 14.2. The molecule has 308 valence electrons. The zero-order chi connectivity index (χ0) is 42.3. The lowest BCUT2D eigenvalue weighted by Crippen LogP contribution is -2.65. The highest BCUT2D eigenvalue weighted by Crippen LogP contribution is 2.29. The molecule has 5 atom stereocenters. The van der Waals surface area contributed by atoms with Crippen molar-refractivity contribution in [1.29, 1.82) is 0 Å². The summed E-state index contributed by atoms with van der Waals surface area (Å²) >= 11 is 0. The first-order chi connectivity index (χ1) is 26.9. The Hall–Kier alpha value is -5.50. The highest BCUT2D eigenvalue weighted by atomic mass is 19.3. The first kappa shape index (κ1) is 45.9. The van der Waals surface area contributed by atoms with E-state index >= 15 is 8.78 Å². The Bertz CT molecular complexity index is 1790. The summed E-state index contributed by atoms with van der Waals surface area (Å²) in [5.74, 6) is -14.4. The Kier molecular flexibility index (Phi) is 17.5. The number of hydrogen-bond donors (Lipinski definition) is 5. The summed E-state index contributed by atoms with van der Waals surface area (Å²) in [6.45, 7) is 9.27. The minimum Gasteiger partial charge on any atom is -0.445 e. The van der Waals surface area contributed by atoms with E-state index in [-0.39, 0.29) is 26.0 Å². The summed E-state index contributed by atoms with van der Waals surface area (Å²) in [6.07, 6.45) is -1.36. The van der Waals surface area contributed by atoms with E-state index in [1.54, 1.807) is 119 Å². The number of alkyl carbamates (subject to hydrolysis) is 1. The minimum absolute atomic E-state index is 0.0127. The van der Waals surface area contributed by atoms with Crippen LogP contribution in [0, 0.1) is 23.7 Å². The monoisotopic (exact) mass is 791 g/mol. The Labute approximate surface area is 333 Å². The number of carbonyl (C=O) groups is 6. The van der Waals surface area contributed by atoms with Crippen LogP contribution in [0.15, 0.2) is 91.0 Å². The molecule has 0 aliphatic rings. The molecule has 14 heteroatoms. The zero-order valence-electron chi connectivity index (χ0n) is 33.3. The molecular weight excluding hydrogens is 736 g/mol. The van der Waals surface area contributed by atoms with E-state index in [2.05, 4.69) is 16.0 Å². The maximum Gasteiger partial charge on any atom is 0.408 e. The fourth-order valence-electron chi connectivity index (χ4n) is 6.03. The molecule has 57 heavy (non-hydrogen) atoms. The molecule has 12 nitrogen and oxygen atoms in total. The molecule has 0 radical (unpaired) electrons. The van der Waals surface area contributed by atoms with Crippen LogP contribution in [0.2, 0.25) is 0 Å². The van der Waals surface area contributed by atoms with Crippen LogP contribution in [-0.4, -0.2) is 65.5 Å². The van der Waals surface area contributed by atoms with E-state index in [0.717, 1.165) is 0 Å². The van der Waals surface area contributed by atoms with Gasteiger partial charge in [0, 0.05) is 13.0 Å². The molecule has 3 aromatic carbocycles. The lowest BCUT2D eigenvalue weighted by molar-refractivity contribution is -0.160. The lowest BCUT2D eigenvalue weighted by atomic mass is 9.82. The number of hydrogen-bond acceptors (Lipinski definition) is 8. The number of rotatable bonds is 21. The summed E-state index contributed by atoms with van der Waals surface area (Å²) in [6, 6.07) is 18.6. The van der Waals surface area contributed by atoms with Crippen LogP contribution in [-0.2, 0) is 48.3 Å². The average molecular weight is 792 g/mol. The van der Waals surface area contributed by atoms with Crippen LogP contribution in [0.25, 0.3) is 0 Å². The Balaban J connectivity index is 1.96. The van der Waals surface area contributed by atoms with Gasteiger partial charge < -0.3 is 31.7 Å². The average Bonchev–Trinajstić information content (AvgIpc) is 3.17. The number of nitrogens with two attached hydrogens (primary N) is 1. The van der Waals surface area contributed by atoms with Gasteiger partial charge in [-0.05, 0) is 40.9 Å². The SMILES string of the molecule is CC(C)CC(NC(=O)[C@H](Cc1ccccc1)NC(=O)OCc1ccccc1)C(=O)C(F)(F)C(NC(=O)[C@@H](N)C(C)C)C(=O)C(C(=O)NCc1ccccc1)C(C)C. The number of carbonyl (C=O) groups excluding carboxylic acids is 6. The first-order valence-corrected chi connectivity index (χ1v) is 19.1. The summed E-state index contributed by atoms with van der Waals surface area (Å²) in [5, 5.41) is 9.48. The van der Waals surface area contributed by atoms with Crippen molar-refractivity contribution in [3.05, 3.63) is 108 Å². The van der Waals surface area contributed by atoms with Crippen LogP contribution in [0.3, 0.4) is 0 Å². The number of amides is 4. The number of ketones is 2.